The van der Waals surface area contributed by atoms with Gasteiger partial charge in [0, 0.05) is 12.8 Å². The lowest BCUT2D eigenvalue weighted by Gasteiger charge is -2.20. The number of unbranched alkanes of at least 4 members (excludes halogenated alkanes) is 46. The second-order valence-corrected chi connectivity index (χ2v) is 21.7. The predicted molar refractivity (Wildman–Crippen MR) is 306 cm³/mol. The molecule has 6 nitrogen and oxygen atoms in total. The first-order valence-electron chi connectivity index (χ1n) is 31.6. The Hall–Kier alpha value is -1.66. The van der Waals surface area contributed by atoms with Gasteiger partial charge in [0.1, 0.15) is 0 Å². The zero-order valence-electron chi connectivity index (χ0n) is 47.3. The van der Waals surface area contributed by atoms with Gasteiger partial charge in [-0.05, 0) is 57.8 Å². The molecule has 6 heteroatoms. The highest BCUT2D eigenvalue weighted by Gasteiger charge is 2.18. The Morgan fingerprint density at radius 2 is 0.671 bits per heavy atom. The summed E-state index contributed by atoms with van der Waals surface area (Å²) in [4.78, 5) is 24.5. The highest BCUT2D eigenvalue weighted by atomic mass is 16.5. The molecule has 2 unspecified atom stereocenters. The maximum absolute atomic E-state index is 12.4. The summed E-state index contributed by atoms with van der Waals surface area (Å²) in [7, 11) is 0. The van der Waals surface area contributed by atoms with Crippen molar-refractivity contribution in [2.45, 2.75) is 360 Å². The van der Waals surface area contributed by atoms with Crippen molar-refractivity contribution in [2.24, 2.45) is 0 Å². The third kappa shape index (κ3) is 55.7. The van der Waals surface area contributed by atoms with Crippen molar-refractivity contribution in [3.05, 3.63) is 24.3 Å². The molecular formula is C64H123NO5. The second-order valence-electron chi connectivity index (χ2n) is 21.7. The number of carbonyl (C=O) groups excluding carboxylic acids is 2. The molecule has 0 spiro atoms. The molecule has 0 heterocycles. The summed E-state index contributed by atoms with van der Waals surface area (Å²) in [6.45, 7) is 4.92. The molecule has 0 aliphatic rings. The quantitative estimate of drug-likeness (QED) is 0.0321. The van der Waals surface area contributed by atoms with Gasteiger partial charge < -0.3 is 20.3 Å². The van der Waals surface area contributed by atoms with E-state index in [0.29, 0.717) is 19.4 Å². The SMILES string of the molecule is CCCCCCCCCCCC/C=C/C(O)C(CO)NC(=O)CCCCCCCCCCCC/C=C\CCCCCCCCCCCCCCOC(=O)CCCCCCCCCCCCCCCCC. The molecule has 414 valence electrons. The molecule has 70 heavy (non-hydrogen) atoms. The van der Waals surface area contributed by atoms with Crippen molar-refractivity contribution >= 4 is 11.9 Å². The number of rotatable bonds is 59. The molecule has 1 amide bonds. The topological polar surface area (TPSA) is 95.9 Å². The molecule has 0 fully saturated rings. The van der Waals surface area contributed by atoms with Crippen LogP contribution in [0, 0.1) is 0 Å². The van der Waals surface area contributed by atoms with Crippen LogP contribution in [0.5, 0.6) is 0 Å². The van der Waals surface area contributed by atoms with Gasteiger partial charge in [0.2, 0.25) is 5.91 Å². The van der Waals surface area contributed by atoms with Gasteiger partial charge in [0.05, 0.1) is 25.4 Å². The molecule has 0 saturated heterocycles. The Balaban J connectivity index is 3.38. The maximum Gasteiger partial charge on any atom is 0.305 e. The highest BCUT2D eigenvalue weighted by Crippen LogP contribution is 2.17. The summed E-state index contributed by atoms with van der Waals surface area (Å²) in [5.41, 5.74) is 0. The smallest absolute Gasteiger partial charge is 0.305 e. The largest absolute Gasteiger partial charge is 0.466 e. The molecule has 0 saturated carbocycles. The molecule has 0 aromatic rings. The molecule has 0 radical (unpaired) electrons. The summed E-state index contributed by atoms with van der Waals surface area (Å²) in [6.07, 6.45) is 73.7. The van der Waals surface area contributed by atoms with Crippen molar-refractivity contribution in [1.82, 2.24) is 5.32 Å². The lowest BCUT2D eigenvalue weighted by molar-refractivity contribution is -0.143. The Labute approximate surface area is 437 Å². The van der Waals surface area contributed by atoms with Crippen LogP contribution in [0.4, 0.5) is 0 Å². The average molecular weight is 987 g/mol. The van der Waals surface area contributed by atoms with Gasteiger partial charge in [-0.3, -0.25) is 9.59 Å². The van der Waals surface area contributed by atoms with E-state index in [1.54, 1.807) is 6.08 Å². The third-order valence-electron chi connectivity index (χ3n) is 14.7. The third-order valence-corrected chi connectivity index (χ3v) is 14.7. The van der Waals surface area contributed by atoms with Gasteiger partial charge in [-0.2, -0.15) is 0 Å². The van der Waals surface area contributed by atoms with E-state index >= 15 is 0 Å². The van der Waals surface area contributed by atoms with Crippen LogP contribution >= 0.6 is 0 Å². The lowest BCUT2D eigenvalue weighted by Crippen LogP contribution is -2.45. The van der Waals surface area contributed by atoms with E-state index < -0.39 is 12.1 Å². The van der Waals surface area contributed by atoms with Crippen LogP contribution in [-0.4, -0.2) is 47.4 Å². The summed E-state index contributed by atoms with van der Waals surface area (Å²) in [5.74, 6) is -0.0524. The first-order valence-corrected chi connectivity index (χ1v) is 31.6. The first kappa shape index (κ1) is 68.3. The lowest BCUT2D eigenvalue weighted by atomic mass is 10.0. The minimum Gasteiger partial charge on any atom is -0.466 e. The Morgan fingerprint density at radius 1 is 0.386 bits per heavy atom. The fourth-order valence-corrected chi connectivity index (χ4v) is 9.87. The number of allylic oxidation sites excluding steroid dienone is 3. The van der Waals surface area contributed by atoms with Crippen molar-refractivity contribution in [3.63, 3.8) is 0 Å². The number of aliphatic hydroxyl groups excluding tert-OH is 2. The first-order chi connectivity index (χ1) is 34.5. The minimum absolute atomic E-state index is 0.0170. The number of carbonyl (C=O) groups is 2. The van der Waals surface area contributed by atoms with Gasteiger partial charge in [-0.25, -0.2) is 0 Å². The Morgan fingerprint density at radius 3 is 1.01 bits per heavy atom. The molecule has 0 aliphatic heterocycles. The van der Waals surface area contributed by atoms with Crippen LogP contribution in [-0.2, 0) is 14.3 Å². The molecule has 0 rings (SSSR count). The fraction of sp³-hybridized carbons (Fsp3) is 0.906. The number of hydrogen-bond donors (Lipinski definition) is 3. The van der Waals surface area contributed by atoms with Crippen molar-refractivity contribution < 1.29 is 24.5 Å². The zero-order chi connectivity index (χ0) is 50.7. The van der Waals surface area contributed by atoms with Crippen LogP contribution in [0.2, 0.25) is 0 Å². The van der Waals surface area contributed by atoms with Gasteiger partial charge in [0.25, 0.3) is 0 Å². The van der Waals surface area contributed by atoms with E-state index in [1.165, 1.54) is 283 Å². The van der Waals surface area contributed by atoms with E-state index in [9.17, 15) is 19.8 Å². The molecule has 3 N–H and O–H groups in total. The number of esters is 1. The van der Waals surface area contributed by atoms with E-state index in [1.807, 2.05) is 6.08 Å². The normalized spacial score (nSPS) is 12.7. The number of aliphatic hydroxyl groups is 2. The van der Waals surface area contributed by atoms with E-state index in [-0.39, 0.29) is 18.5 Å². The molecule has 0 bridgehead atoms. The van der Waals surface area contributed by atoms with E-state index in [0.717, 1.165) is 38.5 Å². The molecular weight excluding hydrogens is 863 g/mol. The molecule has 0 aliphatic carbocycles. The minimum atomic E-state index is -0.844. The van der Waals surface area contributed by atoms with Crippen molar-refractivity contribution in [3.8, 4) is 0 Å². The predicted octanol–water partition coefficient (Wildman–Crippen LogP) is 19.8. The van der Waals surface area contributed by atoms with Crippen LogP contribution in [0.1, 0.15) is 348 Å². The zero-order valence-corrected chi connectivity index (χ0v) is 47.3. The molecule has 2 atom stereocenters. The van der Waals surface area contributed by atoms with E-state index in [2.05, 4.69) is 31.3 Å². The van der Waals surface area contributed by atoms with Crippen LogP contribution < -0.4 is 5.32 Å². The summed E-state index contributed by atoms with van der Waals surface area (Å²) in [5, 5.41) is 23.1. The summed E-state index contributed by atoms with van der Waals surface area (Å²) < 4.78 is 5.49. The average Bonchev–Trinajstić information content (AvgIpc) is 3.36. The standard InChI is InChI=1S/C64H123NO5/c1-3-5-7-9-11-13-15-17-30-34-38-42-46-50-54-58-64(69)70-59-55-51-47-43-39-35-32-29-27-25-23-21-19-18-20-22-24-26-28-31-33-37-41-45-49-53-57-63(68)65-61(60-66)62(67)56-52-48-44-40-36-16-14-12-10-8-6-4-2/h18,20,52,56,61-62,66-67H,3-17,19,21-51,53-55,57-60H2,1-2H3,(H,65,68)/b20-18-,56-52+. The highest BCUT2D eigenvalue weighted by molar-refractivity contribution is 5.76. The maximum atomic E-state index is 12.4. The Kier molecular flexibility index (Phi) is 58.5. The van der Waals surface area contributed by atoms with Gasteiger partial charge >= 0.3 is 5.97 Å². The second kappa shape index (κ2) is 59.9. The van der Waals surface area contributed by atoms with Crippen molar-refractivity contribution in [1.29, 1.82) is 0 Å². The van der Waals surface area contributed by atoms with Crippen LogP contribution in [0.15, 0.2) is 24.3 Å². The molecule has 0 aromatic heterocycles. The van der Waals surface area contributed by atoms with Gasteiger partial charge in [-0.15, -0.1) is 0 Å². The number of hydrogen-bond acceptors (Lipinski definition) is 5. The van der Waals surface area contributed by atoms with Gasteiger partial charge in [0.15, 0.2) is 0 Å². The van der Waals surface area contributed by atoms with E-state index in [4.69, 9.17) is 4.74 Å². The number of nitrogens with one attached hydrogen (secondary N) is 1. The number of ether oxygens (including phenoxy) is 1. The van der Waals surface area contributed by atoms with Crippen LogP contribution in [0.3, 0.4) is 0 Å². The van der Waals surface area contributed by atoms with Crippen LogP contribution in [0.25, 0.3) is 0 Å². The number of amides is 1. The van der Waals surface area contributed by atoms with Crippen molar-refractivity contribution in [2.75, 3.05) is 13.2 Å². The monoisotopic (exact) mass is 986 g/mol. The summed E-state index contributed by atoms with van der Waals surface area (Å²) >= 11 is 0. The molecule has 0 aromatic carbocycles. The summed E-state index contributed by atoms with van der Waals surface area (Å²) in [6, 6.07) is -0.628. The fourth-order valence-electron chi connectivity index (χ4n) is 9.87. The van der Waals surface area contributed by atoms with Gasteiger partial charge in [-0.1, -0.05) is 301 Å². The Bertz CT molecular complexity index is 1090.